The number of carbonyl (C=O) groups excluding carboxylic acids is 1. The van der Waals surface area contributed by atoms with Crippen molar-refractivity contribution in [3.8, 4) is 0 Å². The van der Waals surface area contributed by atoms with E-state index in [1.54, 1.807) is 12.1 Å². The van der Waals surface area contributed by atoms with Crippen molar-refractivity contribution in [2.24, 2.45) is 0 Å². The number of anilines is 1. The van der Waals surface area contributed by atoms with Crippen LogP contribution < -0.4 is 4.90 Å². The van der Waals surface area contributed by atoms with Crippen LogP contribution in [0.15, 0.2) is 24.3 Å². The molecule has 4 heteroatoms. The van der Waals surface area contributed by atoms with Gasteiger partial charge in [0.2, 0.25) is 5.91 Å². The largest absolute Gasteiger partial charge is 0.480 e. The fourth-order valence-corrected chi connectivity index (χ4v) is 1.57. The molecule has 0 unspecified atom stereocenters. The summed E-state index contributed by atoms with van der Waals surface area (Å²) < 4.78 is 0. The number of benzene rings is 1. The van der Waals surface area contributed by atoms with Gasteiger partial charge >= 0.3 is 5.97 Å². The number of aliphatic carboxylic acids is 1. The molecular formula is C12H15NO3. The molecule has 1 amide bonds. The van der Waals surface area contributed by atoms with E-state index in [1.165, 1.54) is 11.8 Å². The second kappa shape index (κ2) is 5.30. The van der Waals surface area contributed by atoms with E-state index in [0.29, 0.717) is 5.69 Å². The molecule has 0 atom stereocenters. The fraction of sp³-hybridized carbons (Fsp3) is 0.333. The summed E-state index contributed by atoms with van der Waals surface area (Å²) in [5.74, 6) is -1.27. The van der Waals surface area contributed by atoms with Crippen LogP contribution in [0.3, 0.4) is 0 Å². The highest BCUT2D eigenvalue weighted by atomic mass is 16.4. The number of hydrogen-bond acceptors (Lipinski definition) is 2. The molecule has 4 nitrogen and oxygen atoms in total. The van der Waals surface area contributed by atoms with Gasteiger partial charge in [-0.2, -0.15) is 0 Å². The van der Waals surface area contributed by atoms with Crippen molar-refractivity contribution in [2.45, 2.75) is 20.3 Å². The molecule has 0 heterocycles. The van der Waals surface area contributed by atoms with E-state index < -0.39 is 5.97 Å². The number of amides is 1. The van der Waals surface area contributed by atoms with Crippen LogP contribution in [0, 0.1) is 0 Å². The highest BCUT2D eigenvalue weighted by molar-refractivity contribution is 5.96. The van der Waals surface area contributed by atoms with Crippen LogP contribution in [0.4, 0.5) is 5.69 Å². The second-order valence-electron chi connectivity index (χ2n) is 3.48. The normalized spacial score (nSPS) is 9.88. The van der Waals surface area contributed by atoms with Gasteiger partial charge in [0, 0.05) is 12.6 Å². The molecular weight excluding hydrogens is 206 g/mol. The fourth-order valence-electron chi connectivity index (χ4n) is 1.57. The van der Waals surface area contributed by atoms with Crippen molar-refractivity contribution in [3.05, 3.63) is 29.8 Å². The van der Waals surface area contributed by atoms with Gasteiger partial charge in [-0.1, -0.05) is 25.1 Å². The zero-order chi connectivity index (χ0) is 12.1. The Morgan fingerprint density at radius 1 is 1.31 bits per heavy atom. The number of hydrogen-bond donors (Lipinski definition) is 1. The molecule has 0 fully saturated rings. The van der Waals surface area contributed by atoms with Crippen LogP contribution in [0.1, 0.15) is 19.4 Å². The van der Waals surface area contributed by atoms with Gasteiger partial charge in [0.05, 0.1) is 0 Å². The Hall–Kier alpha value is -1.84. The first kappa shape index (κ1) is 12.2. The van der Waals surface area contributed by atoms with E-state index in [1.807, 2.05) is 19.1 Å². The van der Waals surface area contributed by atoms with E-state index in [0.717, 1.165) is 12.0 Å². The maximum Gasteiger partial charge on any atom is 0.323 e. The molecule has 0 aliphatic carbocycles. The van der Waals surface area contributed by atoms with Gasteiger partial charge in [-0.3, -0.25) is 9.59 Å². The topological polar surface area (TPSA) is 57.6 Å². The zero-order valence-electron chi connectivity index (χ0n) is 9.43. The highest BCUT2D eigenvalue weighted by Crippen LogP contribution is 2.20. The maximum absolute atomic E-state index is 11.4. The highest BCUT2D eigenvalue weighted by Gasteiger charge is 2.16. The Labute approximate surface area is 94.5 Å². The molecule has 1 N–H and O–H groups in total. The molecule has 1 aromatic carbocycles. The summed E-state index contributed by atoms with van der Waals surface area (Å²) in [4.78, 5) is 23.4. The van der Waals surface area contributed by atoms with Crippen LogP contribution in [0.25, 0.3) is 0 Å². The Balaban J connectivity index is 3.10. The molecule has 0 aromatic heterocycles. The standard InChI is InChI=1S/C12H15NO3/c1-3-10-6-4-5-7-11(10)13(9(2)14)8-12(15)16/h4-7H,3,8H2,1-2H3,(H,15,16). The molecule has 1 aromatic rings. The number of aryl methyl sites for hydroxylation is 1. The molecule has 86 valence electrons. The summed E-state index contributed by atoms with van der Waals surface area (Å²) in [7, 11) is 0. The van der Waals surface area contributed by atoms with Crippen molar-refractivity contribution >= 4 is 17.6 Å². The summed E-state index contributed by atoms with van der Waals surface area (Å²) in [6.07, 6.45) is 0.763. The average Bonchev–Trinajstić information content (AvgIpc) is 2.25. The Morgan fingerprint density at radius 2 is 1.94 bits per heavy atom. The Morgan fingerprint density at radius 3 is 2.44 bits per heavy atom. The van der Waals surface area contributed by atoms with Gasteiger partial charge in [0.15, 0.2) is 0 Å². The van der Waals surface area contributed by atoms with Crippen LogP contribution in [0.5, 0.6) is 0 Å². The third-order valence-corrected chi connectivity index (χ3v) is 2.34. The third-order valence-electron chi connectivity index (χ3n) is 2.34. The van der Waals surface area contributed by atoms with Gasteiger partial charge in [-0.15, -0.1) is 0 Å². The number of rotatable bonds is 4. The quantitative estimate of drug-likeness (QED) is 0.841. The van der Waals surface area contributed by atoms with E-state index in [-0.39, 0.29) is 12.5 Å². The summed E-state index contributed by atoms with van der Waals surface area (Å²) in [6.45, 7) is 3.04. The predicted octanol–water partition coefficient (Wildman–Crippen LogP) is 1.69. The van der Waals surface area contributed by atoms with E-state index in [2.05, 4.69) is 0 Å². The molecule has 0 aliphatic rings. The molecule has 0 saturated heterocycles. The Kier molecular flexibility index (Phi) is 4.05. The summed E-state index contributed by atoms with van der Waals surface area (Å²) in [5, 5.41) is 8.76. The maximum atomic E-state index is 11.4. The van der Waals surface area contributed by atoms with Crippen molar-refractivity contribution in [3.63, 3.8) is 0 Å². The monoisotopic (exact) mass is 221 g/mol. The van der Waals surface area contributed by atoms with Gasteiger partial charge in [0.1, 0.15) is 6.54 Å². The summed E-state index contributed by atoms with van der Waals surface area (Å²) in [5.41, 5.74) is 1.65. The molecule has 16 heavy (non-hydrogen) atoms. The predicted molar refractivity (Wildman–Crippen MR) is 61.5 cm³/mol. The first-order valence-electron chi connectivity index (χ1n) is 5.14. The van der Waals surface area contributed by atoms with Gasteiger partial charge in [-0.05, 0) is 18.1 Å². The summed E-state index contributed by atoms with van der Waals surface area (Å²) in [6, 6.07) is 7.34. The van der Waals surface area contributed by atoms with Crippen molar-refractivity contribution in [1.29, 1.82) is 0 Å². The van der Waals surface area contributed by atoms with E-state index in [4.69, 9.17) is 5.11 Å². The smallest absolute Gasteiger partial charge is 0.323 e. The van der Waals surface area contributed by atoms with E-state index in [9.17, 15) is 9.59 Å². The molecule has 0 bridgehead atoms. The number of carbonyl (C=O) groups is 2. The van der Waals surface area contributed by atoms with Crippen molar-refractivity contribution in [2.75, 3.05) is 11.4 Å². The first-order chi connectivity index (χ1) is 7.56. The molecule has 1 rings (SSSR count). The first-order valence-corrected chi connectivity index (χ1v) is 5.14. The lowest BCUT2D eigenvalue weighted by Gasteiger charge is -2.21. The Bertz CT molecular complexity index is 401. The third kappa shape index (κ3) is 2.82. The van der Waals surface area contributed by atoms with Crippen LogP contribution >= 0.6 is 0 Å². The summed E-state index contributed by atoms with van der Waals surface area (Å²) >= 11 is 0. The SMILES string of the molecule is CCc1ccccc1N(CC(=O)O)C(C)=O. The lowest BCUT2D eigenvalue weighted by Crippen LogP contribution is -2.34. The minimum absolute atomic E-state index is 0.261. The van der Waals surface area contributed by atoms with E-state index >= 15 is 0 Å². The lowest BCUT2D eigenvalue weighted by molar-refractivity contribution is -0.136. The second-order valence-corrected chi connectivity index (χ2v) is 3.48. The lowest BCUT2D eigenvalue weighted by atomic mass is 10.1. The van der Waals surface area contributed by atoms with Crippen LogP contribution in [-0.2, 0) is 16.0 Å². The molecule has 0 radical (unpaired) electrons. The number of carboxylic acid groups (broad SMARTS) is 1. The number of nitrogens with zero attached hydrogens (tertiary/aromatic N) is 1. The molecule has 0 saturated carbocycles. The van der Waals surface area contributed by atoms with Gasteiger partial charge < -0.3 is 10.0 Å². The van der Waals surface area contributed by atoms with Crippen molar-refractivity contribution < 1.29 is 14.7 Å². The minimum atomic E-state index is -1.01. The molecule has 0 spiro atoms. The molecule has 0 aliphatic heterocycles. The van der Waals surface area contributed by atoms with Crippen molar-refractivity contribution in [1.82, 2.24) is 0 Å². The van der Waals surface area contributed by atoms with Gasteiger partial charge in [-0.25, -0.2) is 0 Å². The number of carboxylic acids is 1. The number of para-hydroxylation sites is 1. The zero-order valence-corrected chi connectivity index (χ0v) is 9.43. The average molecular weight is 221 g/mol. The van der Waals surface area contributed by atoms with Gasteiger partial charge in [0.25, 0.3) is 0 Å². The van der Waals surface area contributed by atoms with Crippen LogP contribution in [0.2, 0.25) is 0 Å². The van der Waals surface area contributed by atoms with Crippen LogP contribution in [-0.4, -0.2) is 23.5 Å². The minimum Gasteiger partial charge on any atom is -0.480 e.